The van der Waals surface area contributed by atoms with Crippen LogP contribution in [0.4, 0.5) is 4.79 Å². The summed E-state index contributed by atoms with van der Waals surface area (Å²) in [6.45, 7) is 5.28. The number of nitrogens with zero attached hydrogens (tertiary/aromatic N) is 1. The molecule has 4 aliphatic carbocycles. The lowest BCUT2D eigenvalue weighted by molar-refractivity contribution is -0.0795. The minimum atomic E-state index is -1.23. The molecule has 2 saturated carbocycles. The average molecular weight is 696 g/mol. The number of ketones is 1. The van der Waals surface area contributed by atoms with Gasteiger partial charge in [-0.2, -0.15) is 0 Å². The molecular weight excluding hydrogens is 638 g/mol. The third-order valence-electron chi connectivity index (χ3n) is 12.3. The molecule has 0 aliphatic heterocycles. The zero-order valence-corrected chi connectivity index (χ0v) is 30.9. The van der Waals surface area contributed by atoms with Gasteiger partial charge in [-0.3, -0.25) is 4.79 Å². The topological polar surface area (TPSA) is 96.3 Å². The molecule has 7 heteroatoms. The van der Waals surface area contributed by atoms with Gasteiger partial charge in [0.05, 0.1) is 18.2 Å². The number of ether oxygens (including phenoxy) is 2. The van der Waals surface area contributed by atoms with Crippen LogP contribution in [-0.2, 0) is 11.2 Å². The highest BCUT2D eigenvalue weighted by Crippen LogP contribution is 2.59. The number of hydrogen-bond acceptors (Lipinski definition) is 6. The highest BCUT2D eigenvalue weighted by Gasteiger charge is 2.58. The number of carbonyl (C=O) groups is 2. The van der Waals surface area contributed by atoms with Crippen LogP contribution in [0, 0.1) is 11.3 Å². The van der Waals surface area contributed by atoms with E-state index in [1.54, 1.807) is 12.0 Å². The van der Waals surface area contributed by atoms with E-state index in [0.29, 0.717) is 57.4 Å². The van der Waals surface area contributed by atoms with Crippen molar-refractivity contribution in [3.05, 3.63) is 89.0 Å². The molecule has 3 aromatic carbocycles. The Labute approximate surface area is 304 Å². The number of Topliss-reactive ketones (excluding diaryl/α,β-unsaturated/α-hetero) is 1. The Bertz CT molecular complexity index is 1710. The van der Waals surface area contributed by atoms with E-state index in [4.69, 9.17) is 9.47 Å². The summed E-state index contributed by atoms with van der Waals surface area (Å²) >= 11 is 0. The molecule has 2 N–H and O–H groups in total. The summed E-state index contributed by atoms with van der Waals surface area (Å²) < 4.78 is 11.4. The fourth-order valence-electron chi connectivity index (χ4n) is 9.14. The smallest absolute Gasteiger partial charge is 0.410 e. The summed E-state index contributed by atoms with van der Waals surface area (Å²) in [5, 5.41) is 26.0. The maximum absolute atomic E-state index is 14.4. The Balaban J connectivity index is 1.35. The molecule has 0 radical (unpaired) electrons. The van der Waals surface area contributed by atoms with Crippen LogP contribution in [0.1, 0.15) is 118 Å². The molecule has 2 bridgehead atoms. The SMILES string of the molecule is COCCCN(C[C@]1(O)CC[C@H]2c3ccc(cc3C(=O)C3CCCCC3)C[C@@H](O)CCC(C)=CCC[C@@]21C)C(=O)Oc1ccc2ccccc2c1. The number of allylic oxidation sites excluding steroid dienone is 2. The van der Waals surface area contributed by atoms with Crippen molar-refractivity contribution in [3.8, 4) is 5.75 Å². The molecular formula is C44H57NO6. The number of carbonyl (C=O) groups excluding carboxylic acids is 2. The van der Waals surface area contributed by atoms with Crippen LogP contribution in [0.5, 0.6) is 5.75 Å². The fourth-order valence-corrected chi connectivity index (χ4v) is 9.14. The van der Waals surface area contributed by atoms with Crippen LogP contribution in [0.3, 0.4) is 0 Å². The summed E-state index contributed by atoms with van der Waals surface area (Å²) in [5.74, 6) is 0.599. The van der Waals surface area contributed by atoms with E-state index in [9.17, 15) is 19.8 Å². The molecule has 0 saturated heterocycles. The molecule has 7 rings (SSSR count). The third kappa shape index (κ3) is 8.42. The number of fused-ring (bicyclic) bond motifs is 9. The van der Waals surface area contributed by atoms with Gasteiger partial charge in [0.15, 0.2) is 5.78 Å². The second-order valence-electron chi connectivity index (χ2n) is 15.8. The van der Waals surface area contributed by atoms with Gasteiger partial charge >= 0.3 is 6.09 Å². The van der Waals surface area contributed by atoms with Crippen molar-refractivity contribution in [1.82, 2.24) is 4.90 Å². The standard InChI is InChI=1S/C44H57NO6/c1-31-11-9-23-43(2)40(38-21-17-32(27-36(46)19-16-31)28-39(38)41(47)34-13-5-4-6-14-34)22-24-44(43,49)30-45(25-10-26-50-3)42(48)51-37-20-18-33-12-7-8-15-35(33)29-37/h7-8,11-12,15,17-18,20-21,28-29,34,36,40,46,49H,4-6,9-10,13-14,16,19,22-27,30H2,1-3H3/t36-,40-,43-,44+/m0/s1. The molecule has 4 aliphatic rings. The Morgan fingerprint density at radius 1 is 0.941 bits per heavy atom. The minimum absolute atomic E-state index is 0.00911. The van der Waals surface area contributed by atoms with Crippen LogP contribution < -0.4 is 4.74 Å². The van der Waals surface area contributed by atoms with Crippen molar-refractivity contribution in [3.63, 3.8) is 0 Å². The largest absolute Gasteiger partial charge is 0.415 e. The lowest BCUT2D eigenvalue weighted by atomic mass is 9.64. The van der Waals surface area contributed by atoms with E-state index in [-0.39, 0.29) is 24.2 Å². The Morgan fingerprint density at radius 3 is 2.51 bits per heavy atom. The first-order valence-electron chi connectivity index (χ1n) is 19.3. The van der Waals surface area contributed by atoms with E-state index in [2.05, 4.69) is 38.1 Å². The number of methoxy groups -OCH3 is 1. The summed E-state index contributed by atoms with van der Waals surface area (Å²) in [7, 11) is 1.65. The maximum Gasteiger partial charge on any atom is 0.415 e. The van der Waals surface area contributed by atoms with Crippen molar-refractivity contribution in [2.45, 2.75) is 115 Å². The summed E-state index contributed by atoms with van der Waals surface area (Å²) in [6.07, 6.45) is 11.7. The predicted molar refractivity (Wildman–Crippen MR) is 202 cm³/mol. The lowest BCUT2D eigenvalue weighted by Gasteiger charge is -2.46. The van der Waals surface area contributed by atoms with Gasteiger partial charge in [-0.05, 0) is 117 Å². The molecule has 1 amide bonds. The Kier molecular flexibility index (Phi) is 12.0. The van der Waals surface area contributed by atoms with Crippen molar-refractivity contribution in [2.75, 3.05) is 26.8 Å². The second kappa shape index (κ2) is 16.4. The first kappa shape index (κ1) is 37.2. The van der Waals surface area contributed by atoms with E-state index < -0.39 is 23.2 Å². The number of aliphatic hydroxyl groups is 2. The maximum atomic E-state index is 14.4. The van der Waals surface area contributed by atoms with Gasteiger partial charge in [-0.15, -0.1) is 0 Å². The molecule has 0 aromatic heterocycles. The summed E-state index contributed by atoms with van der Waals surface area (Å²) in [4.78, 5) is 30.0. The second-order valence-corrected chi connectivity index (χ2v) is 15.8. The van der Waals surface area contributed by atoms with E-state index in [0.717, 1.165) is 66.0 Å². The molecule has 274 valence electrons. The van der Waals surface area contributed by atoms with Gasteiger partial charge in [-0.25, -0.2) is 4.79 Å². The van der Waals surface area contributed by atoms with Crippen LogP contribution in [0.25, 0.3) is 10.8 Å². The molecule has 0 unspecified atom stereocenters. The molecule has 51 heavy (non-hydrogen) atoms. The molecule has 4 atom stereocenters. The number of rotatable bonds is 9. The number of amides is 1. The first-order chi connectivity index (χ1) is 24.6. The number of benzene rings is 3. The normalized spacial score (nSPS) is 25.9. The first-order valence-corrected chi connectivity index (χ1v) is 19.3. The van der Waals surface area contributed by atoms with Gasteiger partial charge in [0, 0.05) is 37.2 Å². The van der Waals surface area contributed by atoms with E-state index in [1.165, 1.54) is 12.0 Å². The third-order valence-corrected chi connectivity index (χ3v) is 12.3. The van der Waals surface area contributed by atoms with Gasteiger partial charge in [0.2, 0.25) is 0 Å². The van der Waals surface area contributed by atoms with Crippen molar-refractivity contribution >= 4 is 22.6 Å². The minimum Gasteiger partial charge on any atom is -0.410 e. The number of aliphatic hydroxyl groups excluding tert-OH is 1. The average Bonchev–Trinajstić information content (AvgIpc) is 3.38. The van der Waals surface area contributed by atoms with Gasteiger partial charge in [0.25, 0.3) is 0 Å². The quantitative estimate of drug-likeness (QED) is 0.132. The van der Waals surface area contributed by atoms with Crippen LogP contribution >= 0.6 is 0 Å². The molecule has 2 fully saturated rings. The predicted octanol–water partition coefficient (Wildman–Crippen LogP) is 9.18. The highest BCUT2D eigenvalue weighted by molar-refractivity contribution is 5.99. The molecule has 0 heterocycles. The van der Waals surface area contributed by atoms with Gasteiger partial charge in [0.1, 0.15) is 5.75 Å². The monoisotopic (exact) mass is 695 g/mol. The molecule has 3 aromatic rings. The number of hydrogen-bond donors (Lipinski definition) is 2. The van der Waals surface area contributed by atoms with Crippen LogP contribution in [0.2, 0.25) is 0 Å². The highest BCUT2D eigenvalue weighted by atomic mass is 16.6. The Morgan fingerprint density at radius 2 is 1.73 bits per heavy atom. The van der Waals surface area contributed by atoms with Crippen LogP contribution in [0.15, 0.2) is 72.3 Å². The molecule has 7 nitrogen and oxygen atoms in total. The lowest BCUT2D eigenvalue weighted by Crippen LogP contribution is -2.54. The zero-order chi connectivity index (χ0) is 36.0. The van der Waals surface area contributed by atoms with E-state index in [1.807, 2.05) is 42.5 Å². The van der Waals surface area contributed by atoms with Crippen LogP contribution in [-0.4, -0.2) is 65.5 Å². The van der Waals surface area contributed by atoms with Crippen molar-refractivity contribution in [1.29, 1.82) is 0 Å². The van der Waals surface area contributed by atoms with Gasteiger partial charge in [-0.1, -0.05) is 80.3 Å². The van der Waals surface area contributed by atoms with Crippen molar-refractivity contribution < 1.29 is 29.3 Å². The molecule has 0 spiro atoms. The van der Waals surface area contributed by atoms with E-state index >= 15 is 0 Å². The van der Waals surface area contributed by atoms with Crippen molar-refractivity contribution in [2.24, 2.45) is 11.3 Å². The fraction of sp³-hybridized carbons (Fsp3) is 0.545. The summed E-state index contributed by atoms with van der Waals surface area (Å²) in [6, 6.07) is 19.9. The van der Waals surface area contributed by atoms with Gasteiger partial charge < -0.3 is 24.6 Å². The zero-order valence-electron chi connectivity index (χ0n) is 30.9. The summed E-state index contributed by atoms with van der Waals surface area (Å²) in [5.41, 5.74) is 2.12. The Hall–Kier alpha value is -3.52.